The molecule has 0 saturated heterocycles. The Hall–Kier alpha value is 0. The molecule has 0 atom stereocenters. The van der Waals surface area contributed by atoms with Gasteiger partial charge in [-0.3, -0.25) is 0 Å². The van der Waals surface area contributed by atoms with Crippen molar-refractivity contribution in [3.8, 4) is 0 Å². The number of rotatable bonds is 0. The highest BCUT2D eigenvalue weighted by Crippen LogP contribution is 2.59. The van der Waals surface area contributed by atoms with Gasteiger partial charge in [-0.15, -0.1) is 0 Å². The van der Waals surface area contributed by atoms with Gasteiger partial charge in [0, 0.05) is 0 Å². The Labute approximate surface area is 125 Å². The zero-order valence-electron chi connectivity index (χ0n) is 15.0. The third-order valence-corrected chi connectivity index (χ3v) is 4.58. The van der Waals surface area contributed by atoms with Crippen molar-refractivity contribution < 1.29 is 0 Å². The van der Waals surface area contributed by atoms with Gasteiger partial charge >= 0.3 is 0 Å². The predicted octanol–water partition coefficient (Wildman–Crippen LogP) is 7.72. The van der Waals surface area contributed by atoms with Crippen molar-refractivity contribution in [3.05, 3.63) is 0 Å². The third kappa shape index (κ3) is 5.88. The van der Waals surface area contributed by atoms with Crippen molar-refractivity contribution in [2.45, 2.75) is 109 Å². The fourth-order valence-electron chi connectivity index (χ4n) is 3.78. The van der Waals surface area contributed by atoms with Crippen molar-refractivity contribution in [1.82, 2.24) is 0 Å². The molecular weight excluding hydrogens is 228 g/mol. The molecule has 0 spiro atoms. The molecule has 0 bridgehead atoms. The van der Waals surface area contributed by atoms with Gasteiger partial charge in [0.25, 0.3) is 0 Å². The van der Waals surface area contributed by atoms with E-state index in [1.165, 1.54) is 32.1 Å². The normalized spacial score (nSPS) is 18.0. The zero-order chi connectivity index (χ0) is 15.0. The highest BCUT2D eigenvalue weighted by atomic mass is 14.5. The maximum atomic E-state index is 2.43. The molecular formula is C19H44. The summed E-state index contributed by atoms with van der Waals surface area (Å²) in [6.45, 7) is 22.6. The van der Waals surface area contributed by atoms with Crippen LogP contribution in [0.15, 0.2) is 0 Å². The van der Waals surface area contributed by atoms with Crippen LogP contribution in [-0.4, -0.2) is 0 Å². The fourth-order valence-corrected chi connectivity index (χ4v) is 3.78. The molecule has 0 aromatic heterocycles. The second kappa shape index (κ2) is 9.83. The molecule has 0 heterocycles. The average Bonchev–Trinajstić information content (AvgIpc) is 2.32. The van der Waals surface area contributed by atoms with E-state index in [0.717, 1.165) is 0 Å². The summed E-state index contributed by atoms with van der Waals surface area (Å²) < 4.78 is 0. The van der Waals surface area contributed by atoms with E-state index in [1.807, 2.05) is 27.7 Å². The van der Waals surface area contributed by atoms with Crippen molar-refractivity contribution in [2.75, 3.05) is 0 Å². The predicted molar refractivity (Wildman–Crippen MR) is 93.9 cm³/mol. The summed E-state index contributed by atoms with van der Waals surface area (Å²) in [7, 11) is 0. The highest BCUT2D eigenvalue weighted by molar-refractivity contribution is 4.99. The van der Waals surface area contributed by atoms with Crippen LogP contribution in [0.5, 0.6) is 0 Å². The van der Waals surface area contributed by atoms with Gasteiger partial charge in [0.1, 0.15) is 0 Å². The van der Waals surface area contributed by atoms with Gasteiger partial charge in [-0.25, -0.2) is 0 Å². The Bertz CT molecular complexity index is 165. The molecule has 1 rings (SSSR count). The zero-order valence-corrected chi connectivity index (χ0v) is 15.0. The minimum Gasteiger partial charge on any atom is -0.0776 e. The smallest absolute Gasteiger partial charge is 0.0200 e. The van der Waals surface area contributed by atoms with Crippen LogP contribution in [0.4, 0.5) is 0 Å². The summed E-state index contributed by atoms with van der Waals surface area (Å²) in [5.74, 6) is 0. The molecule has 1 fully saturated rings. The minimum atomic E-state index is 0. The SMILES string of the molecule is C.CC.CC.CC(C)(C)C1(C(C)(C)C)CCCCC1. The summed E-state index contributed by atoms with van der Waals surface area (Å²) in [4.78, 5) is 0. The largest absolute Gasteiger partial charge is 0.0776 e. The quantitative estimate of drug-likeness (QED) is 0.423. The molecule has 1 aliphatic carbocycles. The first-order chi connectivity index (χ1) is 8.21. The van der Waals surface area contributed by atoms with Crippen LogP contribution < -0.4 is 0 Å². The van der Waals surface area contributed by atoms with Gasteiger partial charge in [-0.2, -0.15) is 0 Å². The molecule has 0 unspecified atom stereocenters. The van der Waals surface area contributed by atoms with Crippen molar-refractivity contribution in [3.63, 3.8) is 0 Å². The van der Waals surface area contributed by atoms with Crippen molar-refractivity contribution in [1.29, 1.82) is 0 Å². The second-order valence-electron chi connectivity index (χ2n) is 7.14. The van der Waals surface area contributed by atoms with E-state index in [4.69, 9.17) is 0 Å². The van der Waals surface area contributed by atoms with E-state index in [0.29, 0.717) is 16.2 Å². The van der Waals surface area contributed by atoms with E-state index in [1.54, 1.807) is 0 Å². The first-order valence-electron chi connectivity index (χ1n) is 8.21. The van der Waals surface area contributed by atoms with E-state index >= 15 is 0 Å². The number of hydrogen-bond acceptors (Lipinski definition) is 0. The molecule has 120 valence electrons. The molecule has 0 radical (unpaired) electrons. The Morgan fingerprint density at radius 1 is 0.579 bits per heavy atom. The lowest BCUT2D eigenvalue weighted by Gasteiger charge is -2.56. The van der Waals surface area contributed by atoms with Gasteiger partial charge < -0.3 is 0 Å². The van der Waals surface area contributed by atoms with Crippen LogP contribution in [0.2, 0.25) is 0 Å². The monoisotopic (exact) mass is 272 g/mol. The van der Waals surface area contributed by atoms with Gasteiger partial charge in [0.15, 0.2) is 0 Å². The van der Waals surface area contributed by atoms with E-state index in [-0.39, 0.29) is 7.43 Å². The van der Waals surface area contributed by atoms with Gasteiger partial charge in [-0.1, -0.05) is 95.9 Å². The Kier molecular flexibility index (Phi) is 12.4. The average molecular weight is 273 g/mol. The molecule has 1 aliphatic rings. The van der Waals surface area contributed by atoms with Crippen LogP contribution in [0.3, 0.4) is 0 Å². The summed E-state index contributed by atoms with van der Waals surface area (Å²) in [6, 6.07) is 0. The van der Waals surface area contributed by atoms with E-state index in [9.17, 15) is 0 Å². The molecule has 0 aliphatic heterocycles. The summed E-state index contributed by atoms with van der Waals surface area (Å²) in [5, 5.41) is 0. The maximum Gasteiger partial charge on any atom is -0.0200 e. The lowest BCUT2D eigenvalue weighted by Crippen LogP contribution is -2.47. The van der Waals surface area contributed by atoms with Crippen LogP contribution >= 0.6 is 0 Å². The van der Waals surface area contributed by atoms with Gasteiger partial charge in [0.2, 0.25) is 0 Å². The first kappa shape index (κ1) is 24.0. The molecule has 0 amide bonds. The van der Waals surface area contributed by atoms with Crippen LogP contribution in [0.25, 0.3) is 0 Å². The van der Waals surface area contributed by atoms with E-state index in [2.05, 4.69) is 41.5 Å². The molecule has 0 aromatic rings. The molecule has 0 N–H and O–H groups in total. The Morgan fingerprint density at radius 3 is 1.00 bits per heavy atom. The molecule has 1 saturated carbocycles. The fraction of sp³-hybridized carbons (Fsp3) is 1.00. The van der Waals surface area contributed by atoms with Gasteiger partial charge in [-0.05, 0) is 29.1 Å². The molecule has 19 heavy (non-hydrogen) atoms. The minimum absolute atomic E-state index is 0. The van der Waals surface area contributed by atoms with Crippen LogP contribution in [0.1, 0.15) is 109 Å². The Balaban J connectivity index is -0.000000467. The Morgan fingerprint density at radius 2 is 0.842 bits per heavy atom. The lowest BCUT2D eigenvalue weighted by molar-refractivity contribution is -0.0638. The topological polar surface area (TPSA) is 0 Å². The number of hydrogen-bond donors (Lipinski definition) is 0. The summed E-state index contributed by atoms with van der Waals surface area (Å²) >= 11 is 0. The highest BCUT2D eigenvalue weighted by Gasteiger charge is 2.50. The first-order valence-corrected chi connectivity index (χ1v) is 8.21. The van der Waals surface area contributed by atoms with Crippen LogP contribution in [-0.2, 0) is 0 Å². The third-order valence-electron chi connectivity index (χ3n) is 4.58. The maximum absolute atomic E-state index is 2.43. The molecule has 0 nitrogen and oxygen atoms in total. The second-order valence-corrected chi connectivity index (χ2v) is 7.14. The summed E-state index contributed by atoms with van der Waals surface area (Å²) in [6.07, 6.45) is 7.19. The standard InChI is InChI=1S/C14H28.2C2H6.CH4/c1-12(2,3)14(13(4,5)6)10-8-7-9-11-14;2*1-2;/h7-11H2,1-6H3;2*1-2H3;1H4. The van der Waals surface area contributed by atoms with E-state index < -0.39 is 0 Å². The summed E-state index contributed by atoms with van der Waals surface area (Å²) in [5.41, 5.74) is 1.45. The molecule has 0 aromatic carbocycles. The molecule has 0 heteroatoms. The van der Waals surface area contributed by atoms with Crippen LogP contribution in [0, 0.1) is 16.2 Å². The lowest BCUT2D eigenvalue weighted by atomic mass is 9.49. The van der Waals surface area contributed by atoms with Crippen molar-refractivity contribution >= 4 is 0 Å². The van der Waals surface area contributed by atoms with Gasteiger partial charge in [0.05, 0.1) is 0 Å². The van der Waals surface area contributed by atoms with Crippen molar-refractivity contribution in [2.24, 2.45) is 16.2 Å².